The summed E-state index contributed by atoms with van der Waals surface area (Å²) in [6.45, 7) is 3.15. The molecule has 0 fully saturated rings. The Kier molecular flexibility index (Phi) is 3.87. The van der Waals surface area contributed by atoms with Crippen molar-refractivity contribution in [3.63, 3.8) is 0 Å². The second-order valence-corrected chi connectivity index (χ2v) is 0.820. The molecular formula is C2H4N2V. The summed E-state index contributed by atoms with van der Waals surface area (Å²) in [6.07, 6.45) is 0. The zero-order chi connectivity index (χ0) is 4.12. The molecule has 0 aliphatic rings. The molecule has 0 rings (SSSR count). The van der Waals surface area contributed by atoms with Crippen LogP contribution in [0.2, 0.25) is 0 Å². The number of hydrogen-bond acceptors (Lipinski definition) is 2. The molecule has 0 aromatic rings. The molecule has 0 saturated heterocycles. The summed E-state index contributed by atoms with van der Waals surface area (Å²) in [5.74, 6) is 0. The maximum atomic E-state index is 3.28. The van der Waals surface area contributed by atoms with Crippen LogP contribution >= 0.6 is 0 Å². The Morgan fingerprint density at radius 3 is 2.60 bits per heavy atom. The minimum atomic E-state index is 1.64. The molecule has 0 unspecified atom stereocenters. The van der Waals surface area contributed by atoms with E-state index in [4.69, 9.17) is 0 Å². The van der Waals surface area contributed by atoms with Gasteiger partial charge in [-0.2, -0.15) is 0 Å². The molecule has 0 aromatic carbocycles. The molecule has 5 heavy (non-hydrogen) atoms. The Bertz CT molecular complexity index is 36.9. The van der Waals surface area contributed by atoms with Crippen molar-refractivity contribution in [2.45, 2.75) is 0 Å². The molecule has 0 aliphatic heterocycles. The van der Waals surface area contributed by atoms with E-state index in [-0.39, 0.29) is 0 Å². The average Bonchev–Trinajstić information content (AvgIpc) is 1.41. The Hall–Kier alpha value is -0.0756. The van der Waals surface area contributed by atoms with Crippen molar-refractivity contribution in [2.75, 3.05) is 0 Å². The van der Waals surface area contributed by atoms with Crippen LogP contribution in [0.15, 0.2) is 5.10 Å². The summed E-state index contributed by atoms with van der Waals surface area (Å²) in [5, 5.41) is 3.28. The molecule has 0 saturated carbocycles. The van der Waals surface area contributed by atoms with Crippen molar-refractivity contribution in [1.29, 1.82) is 0 Å². The monoisotopic (exact) mass is 107 g/mol. The molecule has 0 aromatic heterocycles. The number of nitrogens with one attached hydrogen (secondary N) is 1. The first-order valence-corrected chi connectivity index (χ1v) is 1.89. The zero-order valence-electron chi connectivity index (χ0n) is 2.68. The van der Waals surface area contributed by atoms with Crippen LogP contribution in [-0.2, 0) is 17.0 Å². The predicted octanol–water partition coefficient (Wildman–Crippen LogP) is -0.502. The van der Waals surface area contributed by atoms with Gasteiger partial charge in [0.15, 0.2) is 0 Å². The van der Waals surface area contributed by atoms with E-state index in [1.165, 1.54) is 0 Å². The van der Waals surface area contributed by atoms with Crippen molar-refractivity contribution in [3.05, 3.63) is 0 Å². The van der Waals surface area contributed by atoms with Gasteiger partial charge in [0.1, 0.15) is 0 Å². The molecule has 27 valence electrons. The normalized spacial score (nSPS) is 5.40. The standard InChI is InChI=1S/C2H4N2.V/c1-3-4-2;/h1,3H,2H2;. The van der Waals surface area contributed by atoms with E-state index in [1.807, 2.05) is 0 Å². The predicted molar refractivity (Wildman–Crippen MR) is 18.7 cm³/mol. The van der Waals surface area contributed by atoms with Gasteiger partial charge in [-0.15, -0.1) is 0 Å². The topological polar surface area (TPSA) is 24.4 Å². The van der Waals surface area contributed by atoms with Gasteiger partial charge in [-0.1, -0.05) is 0 Å². The minimum absolute atomic E-state index is 1.64. The molecule has 0 atom stereocenters. The van der Waals surface area contributed by atoms with E-state index in [1.54, 1.807) is 4.85 Å². The molecule has 0 radical (unpaired) electrons. The molecule has 3 heteroatoms. The third-order valence-corrected chi connectivity index (χ3v) is 0.329. The number of hydrogen-bond donors (Lipinski definition) is 1. The summed E-state index contributed by atoms with van der Waals surface area (Å²) >= 11 is 2.21. The van der Waals surface area contributed by atoms with Gasteiger partial charge in [0.2, 0.25) is 0 Å². The van der Waals surface area contributed by atoms with Crippen molar-refractivity contribution in [1.82, 2.24) is 5.43 Å². The van der Waals surface area contributed by atoms with E-state index in [2.05, 4.69) is 34.2 Å². The Labute approximate surface area is 39.8 Å². The van der Waals surface area contributed by atoms with Gasteiger partial charge in [0.05, 0.1) is 0 Å². The summed E-state index contributed by atoms with van der Waals surface area (Å²) in [5.41, 5.74) is 2.47. The summed E-state index contributed by atoms with van der Waals surface area (Å²) in [7, 11) is 0. The maximum absolute atomic E-state index is 3.28. The summed E-state index contributed by atoms with van der Waals surface area (Å²) in [6, 6.07) is 0. The van der Waals surface area contributed by atoms with E-state index in [9.17, 15) is 0 Å². The number of rotatable bonds is 2. The Morgan fingerprint density at radius 2 is 2.60 bits per heavy atom. The van der Waals surface area contributed by atoms with Crippen LogP contribution in [0.1, 0.15) is 0 Å². The van der Waals surface area contributed by atoms with Gasteiger partial charge >= 0.3 is 39.1 Å². The van der Waals surface area contributed by atoms with Gasteiger partial charge in [0.25, 0.3) is 0 Å². The number of hydrazone groups is 1. The Morgan fingerprint density at radius 1 is 2.00 bits per heavy atom. The molecule has 0 spiro atoms. The van der Waals surface area contributed by atoms with E-state index in [0.29, 0.717) is 0 Å². The van der Waals surface area contributed by atoms with Crippen LogP contribution in [0.4, 0.5) is 0 Å². The summed E-state index contributed by atoms with van der Waals surface area (Å²) in [4.78, 5) is 1.64. The fourth-order valence-corrected chi connectivity index (χ4v) is 0.168. The van der Waals surface area contributed by atoms with Crippen LogP contribution < -0.4 is 5.43 Å². The zero-order valence-corrected chi connectivity index (χ0v) is 4.08. The first-order chi connectivity index (χ1) is 2.41. The molecule has 0 bridgehead atoms. The van der Waals surface area contributed by atoms with Gasteiger partial charge in [-0.3, -0.25) is 0 Å². The Balaban J connectivity index is 2.65. The van der Waals surface area contributed by atoms with E-state index < -0.39 is 0 Å². The second kappa shape index (κ2) is 3.92. The van der Waals surface area contributed by atoms with Crippen LogP contribution in [0, 0.1) is 0 Å². The molecule has 0 heterocycles. The van der Waals surface area contributed by atoms with Gasteiger partial charge in [-0.05, 0) is 0 Å². The first-order valence-electron chi connectivity index (χ1n) is 1.09. The third-order valence-electron chi connectivity index (χ3n) is 0.149. The van der Waals surface area contributed by atoms with Crippen LogP contribution in [0.5, 0.6) is 0 Å². The van der Waals surface area contributed by atoms with E-state index in [0.717, 1.165) is 0 Å². The van der Waals surface area contributed by atoms with Crippen LogP contribution in [-0.4, -0.2) is 11.6 Å². The fraction of sp³-hybridized carbons (Fsp3) is 0. The van der Waals surface area contributed by atoms with Gasteiger partial charge in [0, 0.05) is 0 Å². The second-order valence-electron chi connectivity index (χ2n) is 0.416. The SMILES string of the molecule is C=NN[CH]=[V]. The van der Waals surface area contributed by atoms with Crippen LogP contribution in [0.25, 0.3) is 0 Å². The van der Waals surface area contributed by atoms with E-state index >= 15 is 0 Å². The summed E-state index contributed by atoms with van der Waals surface area (Å²) < 4.78 is 0. The molecule has 0 amide bonds. The fourth-order valence-electron chi connectivity index (χ4n) is 0.0408. The van der Waals surface area contributed by atoms with Crippen molar-refractivity contribution < 1.29 is 17.0 Å². The molecule has 1 N–H and O–H groups in total. The van der Waals surface area contributed by atoms with Gasteiger partial charge < -0.3 is 0 Å². The van der Waals surface area contributed by atoms with Crippen LogP contribution in [0.3, 0.4) is 0 Å². The van der Waals surface area contributed by atoms with Crippen molar-refractivity contribution in [2.24, 2.45) is 5.10 Å². The average molecular weight is 107 g/mol. The molecule has 2 nitrogen and oxygen atoms in total. The number of nitrogens with zero attached hydrogens (tertiary/aromatic N) is 1. The first kappa shape index (κ1) is 4.92. The molecular weight excluding hydrogens is 103 g/mol. The quantitative estimate of drug-likeness (QED) is 0.373. The molecule has 0 aliphatic carbocycles. The van der Waals surface area contributed by atoms with Crippen molar-refractivity contribution in [3.8, 4) is 0 Å². The van der Waals surface area contributed by atoms with Crippen molar-refractivity contribution >= 4 is 11.6 Å². The third kappa shape index (κ3) is 3.92. The van der Waals surface area contributed by atoms with Gasteiger partial charge in [-0.25, -0.2) is 0 Å².